The van der Waals surface area contributed by atoms with E-state index in [1.165, 1.54) is 0 Å². The predicted octanol–water partition coefficient (Wildman–Crippen LogP) is 1.41. The van der Waals surface area contributed by atoms with E-state index in [4.69, 9.17) is 9.26 Å². The Balaban J connectivity index is 2.05. The van der Waals surface area contributed by atoms with Gasteiger partial charge in [-0.15, -0.1) is 0 Å². The monoisotopic (exact) mass is 210 g/mol. The summed E-state index contributed by atoms with van der Waals surface area (Å²) in [6.45, 7) is 4.23. The fourth-order valence-electron chi connectivity index (χ4n) is 1.65. The molecule has 1 aliphatic heterocycles. The molecule has 0 bridgehead atoms. The summed E-state index contributed by atoms with van der Waals surface area (Å²) in [6.07, 6.45) is 1.41. The number of rotatable bonds is 2. The number of hydrogen-bond donors (Lipinski definition) is 1. The summed E-state index contributed by atoms with van der Waals surface area (Å²) in [6, 6.07) is 0. The highest BCUT2D eigenvalue weighted by Gasteiger charge is 2.25. The maximum atomic E-state index is 11.7. The quantitative estimate of drug-likeness (QED) is 0.801. The Hall–Kier alpha value is -1.36. The molecule has 0 aromatic carbocycles. The minimum Gasteiger partial charge on any atom is -0.368 e. The molecule has 1 aromatic rings. The van der Waals surface area contributed by atoms with E-state index in [1.54, 1.807) is 13.8 Å². The lowest BCUT2D eigenvalue weighted by Gasteiger charge is -2.09. The zero-order valence-corrected chi connectivity index (χ0v) is 8.87. The summed E-state index contributed by atoms with van der Waals surface area (Å²) in [5, 5.41) is 6.55. The van der Waals surface area contributed by atoms with Gasteiger partial charge in [-0.25, -0.2) is 0 Å². The van der Waals surface area contributed by atoms with E-state index in [9.17, 15) is 4.79 Å². The first kappa shape index (κ1) is 10.2. The van der Waals surface area contributed by atoms with E-state index in [2.05, 4.69) is 10.5 Å². The van der Waals surface area contributed by atoms with Gasteiger partial charge in [0.25, 0.3) is 5.91 Å². The molecule has 1 aliphatic rings. The Morgan fingerprint density at radius 3 is 2.87 bits per heavy atom. The van der Waals surface area contributed by atoms with Gasteiger partial charge in [0.05, 0.1) is 0 Å². The van der Waals surface area contributed by atoms with Gasteiger partial charge in [-0.1, -0.05) is 5.16 Å². The number of carbonyl (C=O) groups excluding carboxylic acids is 1. The SMILES string of the molecule is Cc1noc(C)c1NC(=O)C1CCCO1. The second-order valence-corrected chi connectivity index (χ2v) is 3.69. The first-order valence-corrected chi connectivity index (χ1v) is 5.04. The molecule has 0 spiro atoms. The molecule has 1 amide bonds. The molecule has 15 heavy (non-hydrogen) atoms. The lowest BCUT2D eigenvalue weighted by molar-refractivity contribution is -0.124. The molecule has 2 rings (SSSR count). The number of aromatic nitrogens is 1. The van der Waals surface area contributed by atoms with E-state index in [1.807, 2.05) is 0 Å². The van der Waals surface area contributed by atoms with Crippen LogP contribution in [0.15, 0.2) is 4.52 Å². The first-order valence-electron chi connectivity index (χ1n) is 5.04. The molecule has 1 aromatic heterocycles. The summed E-state index contributed by atoms with van der Waals surface area (Å²) in [5.41, 5.74) is 1.36. The number of hydrogen-bond acceptors (Lipinski definition) is 4. The van der Waals surface area contributed by atoms with Crippen LogP contribution in [0.25, 0.3) is 0 Å². The van der Waals surface area contributed by atoms with Crippen molar-refractivity contribution in [1.82, 2.24) is 5.16 Å². The highest BCUT2D eigenvalue weighted by Crippen LogP contribution is 2.20. The molecule has 82 valence electrons. The van der Waals surface area contributed by atoms with Crippen LogP contribution in [-0.4, -0.2) is 23.8 Å². The first-order chi connectivity index (χ1) is 7.18. The van der Waals surface area contributed by atoms with Crippen LogP contribution in [0.1, 0.15) is 24.3 Å². The molecular formula is C10H14N2O3. The molecule has 5 heteroatoms. The number of nitrogens with one attached hydrogen (secondary N) is 1. The van der Waals surface area contributed by atoms with E-state index in [-0.39, 0.29) is 12.0 Å². The molecule has 2 heterocycles. The Kier molecular flexibility index (Phi) is 2.73. The summed E-state index contributed by atoms with van der Waals surface area (Å²) in [5.74, 6) is 0.515. The highest BCUT2D eigenvalue weighted by atomic mass is 16.5. The van der Waals surface area contributed by atoms with Gasteiger partial charge in [-0.2, -0.15) is 0 Å². The summed E-state index contributed by atoms with van der Waals surface area (Å²) in [7, 11) is 0. The number of nitrogens with zero attached hydrogens (tertiary/aromatic N) is 1. The van der Waals surface area contributed by atoms with Gasteiger partial charge < -0.3 is 14.6 Å². The van der Waals surface area contributed by atoms with Crippen LogP contribution in [0.5, 0.6) is 0 Å². The van der Waals surface area contributed by atoms with E-state index in [0.717, 1.165) is 12.8 Å². The van der Waals surface area contributed by atoms with Crippen molar-refractivity contribution in [1.29, 1.82) is 0 Å². The molecule has 5 nitrogen and oxygen atoms in total. The van der Waals surface area contributed by atoms with Gasteiger partial charge in [0.1, 0.15) is 17.5 Å². The van der Waals surface area contributed by atoms with E-state index < -0.39 is 0 Å². The summed E-state index contributed by atoms with van der Waals surface area (Å²) < 4.78 is 10.2. The van der Waals surface area contributed by atoms with Gasteiger partial charge in [-0.05, 0) is 26.7 Å². The average Bonchev–Trinajstić information content (AvgIpc) is 2.82. The maximum absolute atomic E-state index is 11.7. The Labute approximate surface area is 87.8 Å². The lowest BCUT2D eigenvalue weighted by Crippen LogP contribution is -2.27. The highest BCUT2D eigenvalue weighted by molar-refractivity contribution is 5.95. The zero-order chi connectivity index (χ0) is 10.8. The fraction of sp³-hybridized carbons (Fsp3) is 0.600. The minimum absolute atomic E-state index is 0.109. The molecule has 1 saturated heterocycles. The minimum atomic E-state index is -0.321. The third kappa shape index (κ3) is 2.02. The molecular weight excluding hydrogens is 196 g/mol. The smallest absolute Gasteiger partial charge is 0.253 e. The Bertz CT molecular complexity index is 347. The third-order valence-corrected chi connectivity index (χ3v) is 2.50. The second-order valence-electron chi connectivity index (χ2n) is 3.69. The summed E-state index contributed by atoms with van der Waals surface area (Å²) >= 11 is 0. The predicted molar refractivity (Wildman–Crippen MR) is 53.6 cm³/mol. The fourth-order valence-corrected chi connectivity index (χ4v) is 1.65. The van der Waals surface area contributed by atoms with Crippen LogP contribution in [0.4, 0.5) is 5.69 Å². The van der Waals surface area contributed by atoms with Crippen molar-refractivity contribution in [3.8, 4) is 0 Å². The molecule has 1 atom stereocenters. The van der Waals surface area contributed by atoms with Gasteiger partial charge >= 0.3 is 0 Å². The summed E-state index contributed by atoms with van der Waals surface area (Å²) in [4.78, 5) is 11.7. The average molecular weight is 210 g/mol. The lowest BCUT2D eigenvalue weighted by atomic mass is 10.2. The van der Waals surface area contributed by atoms with Gasteiger partial charge in [0.15, 0.2) is 5.76 Å². The van der Waals surface area contributed by atoms with Crippen LogP contribution in [0, 0.1) is 13.8 Å². The molecule has 0 radical (unpaired) electrons. The zero-order valence-electron chi connectivity index (χ0n) is 8.87. The van der Waals surface area contributed by atoms with Crippen LogP contribution in [-0.2, 0) is 9.53 Å². The van der Waals surface area contributed by atoms with Gasteiger partial charge in [0.2, 0.25) is 0 Å². The van der Waals surface area contributed by atoms with Crippen molar-refractivity contribution >= 4 is 11.6 Å². The van der Waals surface area contributed by atoms with Crippen LogP contribution < -0.4 is 5.32 Å². The van der Waals surface area contributed by atoms with Crippen LogP contribution >= 0.6 is 0 Å². The molecule has 1 unspecified atom stereocenters. The Morgan fingerprint density at radius 1 is 1.53 bits per heavy atom. The van der Waals surface area contributed by atoms with Crippen molar-refractivity contribution in [2.75, 3.05) is 11.9 Å². The topological polar surface area (TPSA) is 64.4 Å². The van der Waals surface area contributed by atoms with Crippen LogP contribution in [0.2, 0.25) is 0 Å². The Morgan fingerprint density at radius 2 is 2.33 bits per heavy atom. The third-order valence-electron chi connectivity index (χ3n) is 2.50. The number of aryl methyl sites for hydroxylation is 2. The maximum Gasteiger partial charge on any atom is 0.253 e. The molecule has 0 saturated carbocycles. The standard InChI is InChI=1S/C10H14N2O3/c1-6-9(7(2)15-12-6)11-10(13)8-4-3-5-14-8/h8H,3-5H2,1-2H3,(H,11,13). The molecule has 0 aliphatic carbocycles. The van der Waals surface area contributed by atoms with E-state index >= 15 is 0 Å². The van der Waals surface area contributed by atoms with Crippen molar-refractivity contribution < 1.29 is 14.1 Å². The van der Waals surface area contributed by atoms with Crippen LogP contribution in [0.3, 0.4) is 0 Å². The van der Waals surface area contributed by atoms with Crippen molar-refractivity contribution in [3.05, 3.63) is 11.5 Å². The molecule has 1 fully saturated rings. The molecule has 1 N–H and O–H groups in total. The second kappa shape index (κ2) is 4.02. The van der Waals surface area contributed by atoms with E-state index in [0.29, 0.717) is 23.7 Å². The van der Waals surface area contributed by atoms with Crippen molar-refractivity contribution in [2.45, 2.75) is 32.8 Å². The number of ether oxygens (including phenoxy) is 1. The largest absolute Gasteiger partial charge is 0.368 e. The van der Waals surface area contributed by atoms with Crippen molar-refractivity contribution in [3.63, 3.8) is 0 Å². The number of amides is 1. The van der Waals surface area contributed by atoms with Gasteiger partial charge in [0, 0.05) is 6.61 Å². The van der Waals surface area contributed by atoms with Crippen molar-refractivity contribution in [2.24, 2.45) is 0 Å². The number of anilines is 1. The normalized spacial score (nSPS) is 20.5. The number of carbonyl (C=O) groups is 1. The van der Waals surface area contributed by atoms with Gasteiger partial charge in [-0.3, -0.25) is 4.79 Å².